The largest absolute Gasteiger partial charge is 0.420 e. The summed E-state index contributed by atoms with van der Waals surface area (Å²) in [7, 11) is -4.13. The fraction of sp³-hybridized carbons (Fsp3) is 0.444. The summed E-state index contributed by atoms with van der Waals surface area (Å²) in [5.74, 6) is -5.02. The Morgan fingerprint density at radius 2 is 1.80 bits per heavy atom. The summed E-state index contributed by atoms with van der Waals surface area (Å²) in [5, 5.41) is 8.57. The van der Waals surface area contributed by atoms with Gasteiger partial charge in [-0.05, 0) is 43.7 Å². The van der Waals surface area contributed by atoms with Crippen LogP contribution in [0.5, 0.6) is 0 Å². The zero-order valence-electron chi connectivity index (χ0n) is 22.4. The van der Waals surface area contributed by atoms with Crippen molar-refractivity contribution in [3.05, 3.63) is 58.7 Å². The third-order valence-corrected chi connectivity index (χ3v) is 9.40. The van der Waals surface area contributed by atoms with E-state index in [0.29, 0.717) is 17.1 Å². The van der Waals surface area contributed by atoms with Crippen LogP contribution in [0.2, 0.25) is 5.02 Å². The highest BCUT2D eigenvalue weighted by molar-refractivity contribution is 7.91. The standard InChI is InChI=1S/C27H29ClF3N5O4S/c1-26(2,15-35-9-7-27(30,31)8-10-35)25-34-33-23(40-25)18-11-21-22(12-19(18)29)41(38,39)14-20(32)24(37)36(21)13-16-3-5-17(28)6-4-16/h3-6,11-12,20H,7-10,13-15,32H2,1-2H3/t20-/m0/s1. The number of rotatable bonds is 6. The van der Waals surface area contributed by atoms with Crippen LogP contribution < -0.4 is 10.6 Å². The van der Waals surface area contributed by atoms with Gasteiger partial charge in [-0.3, -0.25) is 4.79 Å². The molecule has 14 heteroatoms. The number of aromatic nitrogens is 2. The maximum Gasteiger partial charge on any atom is 0.250 e. The SMILES string of the molecule is CC(C)(CN1CCC(F)(F)CC1)c1nnc(-c2cc3c(cc2F)S(=O)(=O)C[C@H](N)C(=O)N3Cc2ccc(Cl)cc2)o1. The first kappa shape index (κ1) is 29.5. The third-order valence-electron chi connectivity index (χ3n) is 7.35. The number of amides is 1. The molecule has 0 aliphatic carbocycles. The van der Waals surface area contributed by atoms with E-state index in [4.69, 9.17) is 21.8 Å². The molecular formula is C27H29ClF3N5O4S. The Kier molecular flexibility index (Phi) is 7.68. The van der Waals surface area contributed by atoms with E-state index in [1.807, 2.05) is 18.7 Å². The van der Waals surface area contributed by atoms with Gasteiger partial charge in [0, 0.05) is 37.5 Å². The normalized spacial score (nSPS) is 21.0. The molecule has 41 heavy (non-hydrogen) atoms. The molecule has 5 rings (SSSR count). The van der Waals surface area contributed by atoms with Crippen molar-refractivity contribution < 1.29 is 30.8 Å². The summed E-state index contributed by atoms with van der Waals surface area (Å²) in [6.45, 7) is 4.36. The number of carbonyl (C=O) groups is 1. The van der Waals surface area contributed by atoms with Gasteiger partial charge in [0.1, 0.15) is 5.82 Å². The number of benzene rings is 2. The molecule has 1 atom stereocenters. The molecule has 1 amide bonds. The highest BCUT2D eigenvalue weighted by atomic mass is 35.5. The van der Waals surface area contributed by atoms with Gasteiger partial charge >= 0.3 is 0 Å². The van der Waals surface area contributed by atoms with E-state index in [0.717, 1.165) is 6.07 Å². The molecule has 1 aromatic heterocycles. The third kappa shape index (κ3) is 6.13. The Hall–Kier alpha value is -3.00. The van der Waals surface area contributed by atoms with E-state index in [1.54, 1.807) is 24.3 Å². The molecule has 3 heterocycles. The molecule has 1 fully saturated rings. The Bertz CT molecular complexity index is 1570. The molecule has 2 aliphatic rings. The molecule has 220 valence electrons. The minimum Gasteiger partial charge on any atom is -0.420 e. The number of sulfone groups is 1. The average Bonchev–Trinajstić information content (AvgIpc) is 3.38. The predicted octanol–water partition coefficient (Wildman–Crippen LogP) is 4.19. The average molecular weight is 612 g/mol. The van der Waals surface area contributed by atoms with Crippen molar-refractivity contribution in [3.63, 3.8) is 0 Å². The minimum absolute atomic E-state index is 0.0473. The molecule has 2 N–H and O–H groups in total. The molecule has 0 unspecified atom stereocenters. The summed E-state index contributed by atoms with van der Waals surface area (Å²) >= 11 is 5.98. The van der Waals surface area contributed by atoms with E-state index in [-0.39, 0.29) is 60.4 Å². The predicted molar refractivity (Wildman–Crippen MR) is 146 cm³/mol. The lowest BCUT2D eigenvalue weighted by Gasteiger charge is -2.35. The van der Waals surface area contributed by atoms with Crippen molar-refractivity contribution in [3.8, 4) is 11.5 Å². The fourth-order valence-corrected chi connectivity index (χ4v) is 6.78. The van der Waals surface area contributed by atoms with E-state index < -0.39 is 44.7 Å². The summed E-state index contributed by atoms with van der Waals surface area (Å²) in [4.78, 5) is 16.0. The van der Waals surface area contributed by atoms with Crippen LogP contribution in [0.1, 0.15) is 38.1 Å². The number of fused-ring (bicyclic) bond motifs is 1. The Balaban J connectivity index is 1.50. The summed E-state index contributed by atoms with van der Waals surface area (Å²) in [6, 6.07) is 7.29. The Morgan fingerprint density at radius 1 is 1.15 bits per heavy atom. The molecule has 0 radical (unpaired) electrons. The zero-order valence-corrected chi connectivity index (χ0v) is 24.0. The second-order valence-electron chi connectivity index (χ2n) is 11.2. The molecule has 3 aromatic rings. The lowest BCUT2D eigenvalue weighted by atomic mass is 9.91. The van der Waals surface area contributed by atoms with Gasteiger partial charge in [-0.15, -0.1) is 10.2 Å². The van der Waals surface area contributed by atoms with E-state index >= 15 is 4.39 Å². The van der Waals surface area contributed by atoms with Gasteiger partial charge < -0.3 is 20.0 Å². The number of hydrogen-bond acceptors (Lipinski definition) is 8. The van der Waals surface area contributed by atoms with Gasteiger partial charge in [0.25, 0.3) is 11.8 Å². The van der Waals surface area contributed by atoms with Crippen molar-refractivity contribution in [2.45, 2.75) is 55.5 Å². The van der Waals surface area contributed by atoms with Crippen LogP contribution in [0.3, 0.4) is 0 Å². The lowest BCUT2D eigenvalue weighted by Crippen LogP contribution is -2.45. The van der Waals surface area contributed by atoms with Crippen LogP contribution in [0.25, 0.3) is 11.5 Å². The molecule has 9 nitrogen and oxygen atoms in total. The maximum absolute atomic E-state index is 15.5. The monoisotopic (exact) mass is 611 g/mol. The second kappa shape index (κ2) is 10.7. The number of likely N-dealkylation sites (tertiary alicyclic amines) is 1. The number of anilines is 1. The molecule has 2 aliphatic heterocycles. The minimum atomic E-state index is -4.13. The van der Waals surface area contributed by atoms with Crippen LogP contribution in [0, 0.1) is 5.82 Å². The smallest absolute Gasteiger partial charge is 0.250 e. The molecule has 1 saturated heterocycles. The quantitative estimate of drug-likeness (QED) is 0.440. The number of nitrogens with zero attached hydrogens (tertiary/aromatic N) is 4. The fourth-order valence-electron chi connectivity index (χ4n) is 5.09. The molecule has 2 aromatic carbocycles. The van der Waals surface area contributed by atoms with E-state index in [9.17, 15) is 22.0 Å². The first-order chi connectivity index (χ1) is 19.1. The van der Waals surface area contributed by atoms with Crippen LogP contribution in [0.4, 0.5) is 18.9 Å². The van der Waals surface area contributed by atoms with Crippen LogP contribution >= 0.6 is 11.6 Å². The number of halogens is 4. The van der Waals surface area contributed by atoms with Crippen LogP contribution in [-0.2, 0) is 26.6 Å². The van der Waals surface area contributed by atoms with Gasteiger partial charge in [0.15, 0.2) is 9.84 Å². The van der Waals surface area contributed by atoms with Crippen molar-refractivity contribution in [2.24, 2.45) is 5.73 Å². The maximum atomic E-state index is 15.5. The highest BCUT2D eigenvalue weighted by Crippen LogP contribution is 2.38. The van der Waals surface area contributed by atoms with Gasteiger partial charge in [-0.2, -0.15) is 0 Å². The number of carbonyl (C=O) groups excluding carboxylic acids is 1. The van der Waals surface area contributed by atoms with Crippen molar-refractivity contribution >= 4 is 33.0 Å². The summed E-state index contributed by atoms with van der Waals surface area (Å²) in [5.41, 5.74) is 5.58. The van der Waals surface area contributed by atoms with Crippen LogP contribution in [-0.4, -0.2) is 66.8 Å². The molecule has 0 bridgehead atoms. The molecular weight excluding hydrogens is 583 g/mol. The van der Waals surface area contributed by atoms with E-state index in [2.05, 4.69) is 10.2 Å². The summed E-state index contributed by atoms with van der Waals surface area (Å²) < 4.78 is 74.7. The number of alkyl halides is 2. The number of piperidine rings is 1. The summed E-state index contributed by atoms with van der Waals surface area (Å²) in [6.07, 6.45) is -0.480. The molecule has 0 saturated carbocycles. The van der Waals surface area contributed by atoms with Gasteiger partial charge in [0.2, 0.25) is 11.8 Å². The Labute approximate surface area is 240 Å². The van der Waals surface area contributed by atoms with Crippen molar-refractivity contribution in [2.75, 3.05) is 30.3 Å². The highest BCUT2D eigenvalue weighted by Gasteiger charge is 2.39. The first-order valence-electron chi connectivity index (χ1n) is 13.0. The van der Waals surface area contributed by atoms with Crippen molar-refractivity contribution in [1.29, 1.82) is 0 Å². The second-order valence-corrected chi connectivity index (χ2v) is 13.6. The van der Waals surface area contributed by atoms with Crippen molar-refractivity contribution in [1.82, 2.24) is 15.1 Å². The number of hydrogen-bond donors (Lipinski definition) is 1. The number of nitrogens with two attached hydrogens (primary N) is 1. The van der Waals surface area contributed by atoms with Crippen LogP contribution in [0.15, 0.2) is 45.7 Å². The molecule has 0 spiro atoms. The topological polar surface area (TPSA) is 123 Å². The Morgan fingerprint density at radius 3 is 2.46 bits per heavy atom. The lowest BCUT2D eigenvalue weighted by molar-refractivity contribution is -0.119. The van der Waals surface area contributed by atoms with E-state index in [1.165, 1.54) is 11.0 Å². The first-order valence-corrected chi connectivity index (χ1v) is 15.0. The van der Waals surface area contributed by atoms with Gasteiger partial charge in [-0.1, -0.05) is 23.7 Å². The van der Waals surface area contributed by atoms with Gasteiger partial charge in [0.05, 0.1) is 39.9 Å². The van der Waals surface area contributed by atoms with Gasteiger partial charge in [-0.25, -0.2) is 21.6 Å². The zero-order chi connectivity index (χ0) is 29.7.